The Bertz CT molecular complexity index is 808. The molecule has 1 N–H and O–H groups in total. The van der Waals surface area contributed by atoms with E-state index in [9.17, 15) is 9.18 Å². The first kappa shape index (κ1) is 19.3. The van der Waals surface area contributed by atoms with E-state index in [1.807, 2.05) is 24.3 Å². The monoisotopic (exact) mass is 366 g/mol. The van der Waals surface area contributed by atoms with Crippen LogP contribution in [0.3, 0.4) is 0 Å². The summed E-state index contributed by atoms with van der Waals surface area (Å²) in [6, 6.07) is 17.1. The van der Waals surface area contributed by atoms with Crippen molar-refractivity contribution in [2.75, 3.05) is 19.6 Å². The molecule has 0 unspecified atom stereocenters. The zero-order chi connectivity index (χ0) is 19.3. The molecule has 3 rings (SSSR count). The van der Waals surface area contributed by atoms with E-state index in [1.54, 1.807) is 12.1 Å². The molecule has 1 heterocycles. The molecule has 0 radical (unpaired) electrons. The number of rotatable bonds is 5. The fourth-order valence-corrected chi connectivity index (χ4v) is 3.97. The molecule has 3 nitrogen and oxygen atoms in total. The smallest absolute Gasteiger partial charge is 0.217 e. The Morgan fingerprint density at radius 2 is 1.70 bits per heavy atom. The van der Waals surface area contributed by atoms with Crippen molar-refractivity contribution in [3.05, 3.63) is 77.1 Å². The number of halogens is 1. The Morgan fingerprint density at radius 3 is 2.33 bits per heavy atom. The van der Waals surface area contributed by atoms with E-state index in [0.29, 0.717) is 18.4 Å². The molecule has 2 aromatic carbocycles. The summed E-state index contributed by atoms with van der Waals surface area (Å²) in [6.45, 7) is 6.15. The molecule has 1 aliphatic rings. The first-order chi connectivity index (χ1) is 13.0. The predicted molar refractivity (Wildman–Crippen MR) is 108 cm³/mol. The molecule has 1 saturated heterocycles. The number of carbonyl (C=O) groups excluding carboxylic acids is 1. The van der Waals surface area contributed by atoms with E-state index in [-0.39, 0.29) is 11.7 Å². The van der Waals surface area contributed by atoms with E-state index in [4.69, 9.17) is 0 Å². The molecule has 0 aliphatic carbocycles. The van der Waals surface area contributed by atoms with Gasteiger partial charge >= 0.3 is 0 Å². The van der Waals surface area contributed by atoms with Gasteiger partial charge in [-0.2, -0.15) is 0 Å². The highest BCUT2D eigenvalue weighted by Crippen LogP contribution is 2.34. The SMILES string of the molecule is CC(=O)NC1(c2ccccc2F)CCN(CC(C)=Cc2ccccc2)CC1. The van der Waals surface area contributed by atoms with Crippen LogP contribution < -0.4 is 5.32 Å². The molecule has 2 aromatic rings. The summed E-state index contributed by atoms with van der Waals surface area (Å²) in [4.78, 5) is 14.2. The van der Waals surface area contributed by atoms with E-state index in [2.05, 4.69) is 35.3 Å². The third-order valence-electron chi connectivity index (χ3n) is 5.20. The Hall–Kier alpha value is -2.46. The number of nitrogens with zero attached hydrogens (tertiary/aromatic N) is 1. The number of amides is 1. The van der Waals surface area contributed by atoms with Crippen molar-refractivity contribution in [1.29, 1.82) is 0 Å². The molecule has 1 fully saturated rings. The Balaban J connectivity index is 1.70. The van der Waals surface area contributed by atoms with Crippen molar-refractivity contribution in [3.8, 4) is 0 Å². The summed E-state index contributed by atoms with van der Waals surface area (Å²) in [7, 11) is 0. The van der Waals surface area contributed by atoms with Gasteiger partial charge in [-0.1, -0.05) is 60.2 Å². The zero-order valence-corrected chi connectivity index (χ0v) is 16.0. The third-order valence-corrected chi connectivity index (χ3v) is 5.20. The highest BCUT2D eigenvalue weighted by molar-refractivity contribution is 5.74. The van der Waals surface area contributed by atoms with Gasteiger partial charge in [0.05, 0.1) is 5.54 Å². The fraction of sp³-hybridized carbons (Fsp3) is 0.348. The average molecular weight is 366 g/mol. The quantitative estimate of drug-likeness (QED) is 0.853. The molecule has 0 saturated carbocycles. The van der Waals surface area contributed by atoms with E-state index >= 15 is 0 Å². The van der Waals surface area contributed by atoms with Gasteiger partial charge in [0, 0.05) is 32.1 Å². The van der Waals surface area contributed by atoms with Gasteiger partial charge in [-0.05, 0) is 31.4 Å². The highest BCUT2D eigenvalue weighted by atomic mass is 19.1. The molecule has 1 aliphatic heterocycles. The number of hydrogen-bond donors (Lipinski definition) is 1. The number of piperidine rings is 1. The Morgan fingerprint density at radius 1 is 1.07 bits per heavy atom. The normalized spacial score (nSPS) is 17.5. The van der Waals surface area contributed by atoms with Crippen molar-refractivity contribution in [1.82, 2.24) is 10.2 Å². The van der Waals surface area contributed by atoms with Crippen molar-refractivity contribution in [2.24, 2.45) is 0 Å². The molecule has 1 amide bonds. The van der Waals surface area contributed by atoms with Crippen molar-refractivity contribution >= 4 is 12.0 Å². The zero-order valence-electron chi connectivity index (χ0n) is 16.0. The Kier molecular flexibility index (Phi) is 6.07. The average Bonchev–Trinajstić information content (AvgIpc) is 2.64. The van der Waals surface area contributed by atoms with Crippen LogP contribution in [0.5, 0.6) is 0 Å². The lowest BCUT2D eigenvalue weighted by Gasteiger charge is -2.43. The van der Waals surface area contributed by atoms with Gasteiger partial charge in [-0.15, -0.1) is 0 Å². The molecule has 0 spiro atoms. The van der Waals surface area contributed by atoms with Gasteiger partial charge in [-0.3, -0.25) is 9.69 Å². The first-order valence-corrected chi connectivity index (χ1v) is 9.47. The number of benzene rings is 2. The first-order valence-electron chi connectivity index (χ1n) is 9.47. The molecule has 0 bridgehead atoms. The topological polar surface area (TPSA) is 32.3 Å². The lowest BCUT2D eigenvalue weighted by molar-refractivity contribution is -0.121. The third kappa shape index (κ3) is 4.83. The van der Waals surface area contributed by atoms with Gasteiger partial charge in [-0.25, -0.2) is 4.39 Å². The second-order valence-electron chi connectivity index (χ2n) is 7.42. The van der Waals surface area contributed by atoms with Gasteiger partial charge in [0.2, 0.25) is 5.91 Å². The molecular formula is C23H27FN2O. The number of likely N-dealkylation sites (tertiary alicyclic amines) is 1. The number of nitrogens with one attached hydrogen (secondary N) is 1. The number of carbonyl (C=O) groups is 1. The molecule has 0 aromatic heterocycles. The molecule has 4 heteroatoms. The van der Waals surface area contributed by atoms with Crippen LogP contribution in [0.2, 0.25) is 0 Å². The van der Waals surface area contributed by atoms with Gasteiger partial charge in [0.15, 0.2) is 0 Å². The minimum absolute atomic E-state index is 0.119. The largest absolute Gasteiger partial charge is 0.347 e. The fourth-order valence-electron chi connectivity index (χ4n) is 3.97. The van der Waals surface area contributed by atoms with Crippen LogP contribution in [0, 0.1) is 5.82 Å². The summed E-state index contributed by atoms with van der Waals surface area (Å²) < 4.78 is 14.4. The standard InChI is InChI=1S/C23H27FN2O/c1-18(16-20-8-4-3-5-9-20)17-26-14-12-23(13-15-26,25-19(2)27)21-10-6-7-11-22(21)24/h3-11,16H,12-15,17H2,1-2H3,(H,25,27). The highest BCUT2D eigenvalue weighted by Gasteiger charge is 2.38. The van der Waals surface area contributed by atoms with Gasteiger partial charge < -0.3 is 5.32 Å². The van der Waals surface area contributed by atoms with Crippen LogP contribution in [0.4, 0.5) is 4.39 Å². The van der Waals surface area contributed by atoms with Crippen molar-refractivity contribution < 1.29 is 9.18 Å². The summed E-state index contributed by atoms with van der Waals surface area (Å²) in [5, 5.41) is 3.05. The van der Waals surface area contributed by atoms with Crippen LogP contribution in [0.25, 0.3) is 6.08 Å². The van der Waals surface area contributed by atoms with Crippen LogP contribution >= 0.6 is 0 Å². The maximum atomic E-state index is 14.4. The lowest BCUT2D eigenvalue weighted by atomic mass is 9.80. The maximum absolute atomic E-state index is 14.4. The minimum Gasteiger partial charge on any atom is -0.347 e. The summed E-state index contributed by atoms with van der Waals surface area (Å²) >= 11 is 0. The van der Waals surface area contributed by atoms with Crippen LogP contribution in [-0.4, -0.2) is 30.4 Å². The van der Waals surface area contributed by atoms with Crippen molar-refractivity contribution in [3.63, 3.8) is 0 Å². The molecule has 27 heavy (non-hydrogen) atoms. The second kappa shape index (κ2) is 8.49. The summed E-state index contributed by atoms with van der Waals surface area (Å²) in [5.74, 6) is -0.369. The summed E-state index contributed by atoms with van der Waals surface area (Å²) in [5.41, 5.74) is 2.46. The molecular weight excluding hydrogens is 339 g/mol. The van der Waals surface area contributed by atoms with E-state index in [0.717, 1.165) is 19.6 Å². The number of hydrogen-bond acceptors (Lipinski definition) is 2. The van der Waals surface area contributed by atoms with Crippen LogP contribution in [0.15, 0.2) is 60.2 Å². The second-order valence-corrected chi connectivity index (χ2v) is 7.42. The van der Waals surface area contributed by atoms with Crippen LogP contribution in [-0.2, 0) is 10.3 Å². The van der Waals surface area contributed by atoms with E-state index in [1.165, 1.54) is 24.1 Å². The maximum Gasteiger partial charge on any atom is 0.217 e. The lowest BCUT2D eigenvalue weighted by Crippen LogP contribution is -2.53. The van der Waals surface area contributed by atoms with Crippen molar-refractivity contribution in [2.45, 2.75) is 32.2 Å². The predicted octanol–water partition coefficient (Wildman–Crippen LogP) is 4.36. The molecule has 0 atom stereocenters. The van der Waals surface area contributed by atoms with E-state index < -0.39 is 5.54 Å². The van der Waals surface area contributed by atoms with Gasteiger partial charge in [0.25, 0.3) is 0 Å². The Labute approximate surface area is 160 Å². The molecule has 142 valence electrons. The van der Waals surface area contributed by atoms with Gasteiger partial charge in [0.1, 0.15) is 5.82 Å². The van der Waals surface area contributed by atoms with Crippen LogP contribution in [0.1, 0.15) is 37.8 Å². The summed E-state index contributed by atoms with van der Waals surface area (Å²) in [6.07, 6.45) is 3.60. The minimum atomic E-state index is -0.620.